The number of hydrogen-bond donors (Lipinski definition) is 3. The quantitative estimate of drug-likeness (QED) is 0.137. The van der Waals surface area contributed by atoms with Crippen molar-refractivity contribution in [3.05, 3.63) is 36.0 Å². The van der Waals surface area contributed by atoms with Gasteiger partial charge in [0, 0.05) is 43.4 Å². The smallest absolute Gasteiger partial charge is 0.410 e. The molecule has 0 spiro atoms. The minimum atomic E-state index is -1.12. The molecule has 4 heterocycles. The molecule has 0 aliphatic carbocycles. The number of likely N-dealkylation sites (N-methyl/N-ethyl adjacent to an activating group) is 1. The Balaban J connectivity index is 1.43. The number of aliphatic hydroxyl groups excluding tert-OH is 2. The number of carbonyl (C=O) groups is 2. The molecule has 3 saturated heterocycles. The van der Waals surface area contributed by atoms with Crippen LogP contribution in [0.3, 0.4) is 0 Å². The summed E-state index contributed by atoms with van der Waals surface area (Å²) in [6.07, 6.45) is 9.27. The summed E-state index contributed by atoms with van der Waals surface area (Å²) in [5, 5.41) is 31.8. The molecular weight excluding hydrogens is 588 g/mol. The molecule has 1 amide bonds. The molecular formula is C36H58N2O8. The van der Waals surface area contributed by atoms with E-state index in [1.54, 1.807) is 19.1 Å². The van der Waals surface area contributed by atoms with Gasteiger partial charge < -0.3 is 34.4 Å². The van der Waals surface area contributed by atoms with Crippen LogP contribution in [0.4, 0.5) is 4.79 Å². The number of allylic oxidation sites excluding steroid dienone is 2. The number of esters is 1. The van der Waals surface area contributed by atoms with Gasteiger partial charge in [0.2, 0.25) is 0 Å². The van der Waals surface area contributed by atoms with Crippen LogP contribution in [0.1, 0.15) is 87.0 Å². The van der Waals surface area contributed by atoms with Crippen LogP contribution in [0, 0.1) is 17.8 Å². The minimum Gasteiger partial charge on any atom is -0.457 e. The maximum atomic E-state index is 13.3. The van der Waals surface area contributed by atoms with Gasteiger partial charge in [-0.15, -0.1) is 0 Å². The van der Waals surface area contributed by atoms with Gasteiger partial charge in [-0.25, -0.2) is 4.79 Å². The van der Waals surface area contributed by atoms with Crippen molar-refractivity contribution >= 4 is 12.1 Å². The summed E-state index contributed by atoms with van der Waals surface area (Å²) < 4.78 is 17.8. The van der Waals surface area contributed by atoms with Crippen LogP contribution in [0.5, 0.6) is 0 Å². The standard InChI is InChI=1S/C36H58N2O8/c1-8-29(40)25(6)34-31(44-34)19-36(7,43)16-10-11-23(4)33-24(5)13-15-30(22(3)12-14-28(39)18-32(41)46-33)45-35(42)38-21-26-17-27(38)20-37(26)9-2/h10-11,13,15-16,22,24-31,33-34,39-40,43H,8-9,12,14,17-21H2,1-7H3/b15-13+,16-10+,23-11+/t22?,24?,25?,26-,27-,28?,29?,30?,31?,33?,34?,36?/m0/s1. The summed E-state index contributed by atoms with van der Waals surface area (Å²) in [5.74, 6) is -0.753. The van der Waals surface area contributed by atoms with Crippen molar-refractivity contribution in [1.82, 2.24) is 9.80 Å². The highest BCUT2D eigenvalue weighted by Gasteiger charge is 2.47. The van der Waals surface area contributed by atoms with Gasteiger partial charge in [-0.1, -0.05) is 58.9 Å². The first kappa shape index (κ1) is 36.6. The highest BCUT2D eigenvalue weighted by atomic mass is 16.6. The number of hydrogen-bond acceptors (Lipinski definition) is 9. The van der Waals surface area contributed by atoms with Gasteiger partial charge in [0.05, 0.1) is 36.4 Å². The largest absolute Gasteiger partial charge is 0.457 e. The minimum absolute atomic E-state index is 0.00828. The van der Waals surface area contributed by atoms with Gasteiger partial charge in [0.1, 0.15) is 12.2 Å². The maximum Gasteiger partial charge on any atom is 0.410 e. The summed E-state index contributed by atoms with van der Waals surface area (Å²) in [7, 11) is 0. The van der Waals surface area contributed by atoms with E-state index in [4.69, 9.17) is 14.2 Å². The molecule has 0 aromatic rings. The van der Waals surface area contributed by atoms with E-state index < -0.39 is 36.0 Å². The number of rotatable bonds is 10. The van der Waals surface area contributed by atoms with E-state index in [0.29, 0.717) is 38.3 Å². The normalized spacial score (nSPS) is 37.6. The molecule has 0 saturated carbocycles. The Hall–Kier alpha value is -2.24. The Bertz CT molecular complexity index is 1140. The zero-order valence-electron chi connectivity index (χ0n) is 28.9. The van der Waals surface area contributed by atoms with Crippen LogP contribution >= 0.6 is 0 Å². The monoisotopic (exact) mass is 646 g/mol. The summed E-state index contributed by atoms with van der Waals surface area (Å²) in [6, 6.07) is 0.581. The molecule has 260 valence electrons. The number of epoxide rings is 1. The molecule has 46 heavy (non-hydrogen) atoms. The average molecular weight is 647 g/mol. The average Bonchev–Trinajstić information content (AvgIpc) is 3.44. The maximum absolute atomic E-state index is 13.3. The first-order valence-corrected chi connectivity index (χ1v) is 17.4. The Morgan fingerprint density at radius 2 is 1.93 bits per heavy atom. The van der Waals surface area contributed by atoms with Crippen LogP contribution in [0.15, 0.2) is 36.0 Å². The van der Waals surface area contributed by atoms with E-state index in [1.807, 2.05) is 57.7 Å². The number of cyclic esters (lactones) is 1. The van der Waals surface area contributed by atoms with E-state index in [9.17, 15) is 24.9 Å². The van der Waals surface area contributed by atoms with Crippen molar-refractivity contribution in [1.29, 1.82) is 0 Å². The molecule has 2 bridgehead atoms. The van der Waals surface area contributed by atoms with E-state index in [-0.39, 0.29) is 48.5 Å². The fraction of sp³-hybridized carbons (Fsp3) is 0.778. The third-order valence-corrected chi connectivity index (χ3v) is 10.5. The SMILES string of the molecule is CCC(O)C(C)C1OC1CC(C)(O)/C=C/C=C(\C)C1OC(=O)CC(O)CCC(C)C(OC(=O)N2C[C@@H]3C[C@H]2CN3CC)/C=C/C1C. The Morgan fingerprint density at radius 3 is 2.59 bits per heavy atom. The highest BCUT2D eigenvalue weighted by Crippen LogP contribution is 2.38. The molecule has 0 radical (unpaired) electrons. The van der Waals surface area contributed by atoms with E-state index in [0.717, 1.165) is 25.1 Å². The number of piperazine rings is 1. The van der Waals surface area contributed by atoms with Crippen LogP contribution in [-0.4, -0.2) is 111 Å². The van der Waals surface area contributed by atoms with Crippen molar-refractivity contribution in [3.63, 3.8) is 0 Å². The molecule has 4 aliphatic rings. The van der Waals surface area contributed by atoms with Gasteiger partial charge in [-0.3, -0.25) is 9.69 Å². The first-order chi connectivity index (χ1) is 21.7. The van der Waals surface area contributed by atoms with E-state index >= 15 is 0 Å². The first-order valence-electron chi connectivity index (χ1n) is 17.4. The van der Waals surface area contributed by atoms with Crippen molar-refractivity contribution in [2.24, 2.45) is 17.8 Å². The summed E-state index contributed by atoms with van der Waals surface area (Å²) in [5.41, 5.74) is -0.345. The molecule has 12 atom stereocenters. The second kappa shape index (κ2) is 15.8. The third kappa shape index (κ3) is 9.43. The number of fused-ring (bicyclic) bond motifs is 2. The number of amides is 1. The van der Waals surface area contributed by atoms with Crippen molar-refractivity contribution < 1.29 is 39.1 Å². The second-order valence-corrected chi connectivity index (χ2v) is 14.5. The molecule has 4 aliphatic heterocycles. The lowest BCUT2D eigenvalue weighted by atomic mass is 9.91. The number of likely N-dealkylation sites (tertiary alicyclic amines) is 2. The van der Waals surface area contributed by atoms with Gasteiger partial charge in [0.15, 0.2) is 0 Å². The number of ether oxygens (including phenoxy) is 3. The van der Waals surface area contributed by atoms with E-state index in [2.05, 4.69) is 11.8 Å². The molecule has 0 aromatic heterocycles. The zero-order valence-corrected chi connectivity index (χ0v) is 28.9. The zero-order chi connectivity index (χ0) is 33.8. The molecule has 0 aromatic carbocycles. The molecule has 3 N–H and O–H groups in total. The number of carbonyl (C=O) groups excluding carboxylic acids is 2. The van der Waals surface area contributed by atoms with Crippen LogP contribution in [0.2, 0.25) is 0 Å². The number of nitrogens with zero attached hydrogens (tertiary/aromatic N) is 2. The van der Waals surface area contributed by atoms with Gasteiger partial charge >= 0.3 is 12.1 Å². The fourth-order valence-electron chi connectivity index (χ4n) is 7.35. The van der Waals surface area contributed by atoms with Crippen LogP contribution in [0.25, 0.3) is 0 Å². The van der Waals surface area contributed by atoms with Crippen molar-refractivity contribution in [2.75, 3.05) is 19.6 Å². The molecule has 4 rings (SSSR count). The third-order valence-electron chi connectivity index (χ3n) is 10.5. The lowest BCUT2D eigenvalue weighted by molar-refractivity contribution is -0.151. The molecule has 10 unspecified atom stereocenters. The fourth-order valence-corrected chi connectivity index (χ4v) is 7.35. The summed E-state index contributed by atoms with van der Waals surface area (Å²) in [4.78, 5) is 30.4. The molecule has 10 heteroatoms. The van der Waals surface area contributed by atoms with Crippen molar-refractivity contribution in [3.8, 4) is 0 Å². The summed E-state index contributed by atoms with van der Waals surface area (Å²) in [6.45, 7) is 16.2. The predicted octanol–water partition coefficient (Wildman–Crippen LogP) is 4.37. The van der Waals surface area contributed by atoms with Crippen molar-refractivity contribution in [2.45, 2.75) is 141 Å². The lowest BCUT2D eigenvalue weighted by Crippen LogP contribution is -2.49. The van der Waals surface area contributed by atoms with Crippen LogP contribution in [-0.2, 0) is 19.0 Å². The van der Waals surface area contributed by atoms with Gasteiger partial charge in [0.25, 0.3) is 0 Å². The lowest BCUT2D eigenvalue weighted by Gasteiger charge is -2.34. The topological polar surface area (TPSA) is 132 Å². The highest BCUT2D eigenvalue weighted by molar-refractivity contribution is 5.70. The number of aliphatic hydroxyl groups is 3. The predicted molar refractivity (Wildman–Crippen MR) is 176 cm³/mol. The Labute approximate surface area is 275 Å². The molecule has 10 nitrogen and oxygen atoms in total. The Morgan fingerprint density at radius 1 is 1.20 bits per heavy atom. The second-order valence-electron chi connectivity index (χ2n) is 14.5. The van der Waals surface area contributed by atoms with E-state index in [1.165, 1.54) is 0 Å². The van der Waals surface area contributed by atoms with Gasteiger partial charge in [-0.2, -0.15) is 0 Å². The van der Waals surface area contributed by atoms with Gasteiger partial charge in [-0.05, 0) is 63.6 Å². The Kier molecular flexibility index (Phi) is 12.5. The summed E-state index contributed by atoms with van der Waals surface area (Å²) >= 11 is 0. The van der Waals surface area contributed by atoms with Crippen LogP contribution < -0.4 is 0 Å². The molecule has 3 fully saturated rings.